The van der Waals surface area contributed by atoms with E-state index in [1.54, 1.807) is 12.3 Å². The van der Waals surface area contributed by atoms with Crippen LogP contribution in [0.5, 0.6) is 0 Å². The Hall–Kier alpha value is -2.87. The van der Waals surface area contributed by atoms with Crippen LogP contribution in [0.3, 0.4) is 0 Å². The zero-order valence-corrected chi connectivity index (χ0v) is 13.7. The molecule has 4 rings (SSSR count). The number of Topliss-reactive ketones (excluding diaryl/α,β-unsaturated/α-hetero) is 1. The molecule has 0 saturated carbocycles. The van der Waals surface area contributed by atoms with E-state index in [0.717, 1.165) is 35.5 Å². The molecular formula is C19H18N4O. The summed E-state index contributed by atoms with van der Waals surface area (Å²) in [6, 6.07) is 11.2. The van der Waals surface area contributed by atoms with E-state index in [-0.39, 0.29) is 17.2 Å². The zero-order chi connectivity index (χ0) is 16.9. The van der Waals surface area contributed by atoms with E-state index in [4.69, 9.17) is 0 Å². The van der Waals surface area contributed by atoms with Crippen LogP contribution < -0.4 is 5.32 Å². The minimum Gasteiger partial charge on any atom is -0.343 e. The van der Waals surface area contributed by atoms with Gasteiger partial charge in [-0.3, -0.25) is 4.79 Å². The number of anilines is 1. The van der Waals surface area contributed by atoms with Gasteiger partial charge in [-0.2, -0.15) is 10.4 Å². The largest absolute Gasteiger partial charge is 0.343 e. The third kappa shape index (κ3) is 2.07. The lowest BCUT2D eigenvalue weighted by atomic mass is 9.71. The third-order valence-corrected chi connectivity index (χ3v) is 4.98. The molecule has 1 aromatic heterocycles. The average molecular weight is 318 g/mol. The van der Waals surface area contributed by atoms with Gasteiger partial charge in [-0.25, -0.2) is 4.68 Å². The van der Waals surface area contributed by atoms with Crippen LogP contribution in [0.1, 0.15) is 43.9 Å². The maximum Gasteiger partial charge on any atom is 0.168 e. The number of carbonyl (C=O) groups excluding carboxylic acids is 1. The number of nitriles is 1. The minimum atomic E-state index is -0.379. The van der Waals surface area contributed by atoms with E-state index in [1.807, 2.05) is 42.8 Å². The lowest BCUT2D eigenvalue weighted by Crippen LogP contribution is -2.39. The smallest absolute Gasteiger partial charge is 0.168 e. The van der Waals surface area contributed by atoms with Gasteiger partial charge in [-0.15, -0.1) is 0 Å². The SMILES string of the molecule is CC1(C)CCC2=C(C1=O)C(c1cccc(C#N)c1)n1nccc1N2. The molecule has 0 amide bonds. The zero-order valence-electron chi connectivity index (χ0n) is 13.7. The van der Waals surface area contributed by atoms with E-state index in [1.165, 1.54) is 0 Å². The second kappa shape index (κ2) is 5.07. The van der Waals surface area contributed by atoms with Crippen molar-refractivity contribution in [3.8, 4) is 6.07 Å². The predicted octanol–water partition coefficient (Wildman–Crippen LogP) is 3.41. The summed E-state index contributed by atoms with van der Waals surface area (Å²) < 4.78 is 1.84. The highest BCUT2D eigenvalue weighted by Gasteiger charge is 2.43. The third-order valence-electron chi connectivity index (χ3n) is 4.98. The molecule has 1 aliphatic carbocycles. The number of carbonyl (C=O) groups is 1. The van der Waals surface area contributed by atoms with Gasteiger partial charge in [0.1, 0.15) is 11.9 Å². The average Bonchev–Trinajstić information content (AvgIpc) is 3.05. The molecule has 0 fully saturated rings. The molecule has 1 aromatic carbocycles. The second-order valence-corrected chi connectivity index (χ2v) is 7.03. The maximum atomic E-state index is 13.1. The van der Waals surface area contributed by atoms with E-state index in [0.29, 0.717) is 5.56 Å². The minimum absolute atomic E-state index is 0.157. The van der Waals surface area contributed by atoms with Gasteiger partial charge in [0.2, 0.25) is 0 Å². The van der Waals surface area contributed by atoms with Crippen molar-refractivity contribution in [2.75, 3.05) is 5.32 Å². The highest BCUT2D eigenvalue weighted by atomic mass is 16.1. The molecule has 5 nitrogen and oxygen atoms in total. The Balaban J connectivity index is 1.93. The number of ketones is 1. The van der Waals surface area contributed by atoms with Crippen LogP contribution in [0.25, 0.3) is 0 Å². The molecule has 0 radical (unpaired) electrons. The Bertz CT molecular complexity index is 913. The number of allylic oxidation sites excluding steroid dienone is 2. The molecule has 120 valence electrons. The summed E-state index contributed by atoms with van der Waals surface area (Å²) in [6.07, 6.45) is 3.40. The normalized spacial score (nSPS) is 21.5. The van der Waals surface area contributed by atoms with Crippen LogP contribution in [-0.4, -0.2) is 15.6 Å². The first kappa shape index (κ1) is 14.7. The van der Waals surface area contributed by atoms with Gasteiger partial charge < -0.3 is 5.32 Å². The van der Waals surface area contributed by atoms with E-state index in [9.17, 15) is 10.1 Å². The van der Waals surface area contributed by atoms with Crippen LogP contribution in [0, 0.1) is 16.7 Å². The van der Waals surface area contributed by atoms with E-state index < -0.39 is 0 Å². The van der Waals surface area contributed by atoms with Gasteiger partial charge >= 0.3 is 0 Å². The van der Waals surface area contributed by atoms with Gasteiger partial charge in [0.05, 0.1) is 17.8 Å². The molecule has 2 aliphatic rings. The lowest BCUT2D eigenvalue weighted by molar-refractivity contribution is -0.124. The topological polar surface area (TPSA) is 70.7 Å². The van der Waals surface area contributed by atoms with Crippen molar-refractivity contribution in [3.63, 3.8) is 0 Å². The number of rotatable bonds is 1. The number of nitrogens with one attached hydrogen (secondary N) is 1. The van der Waals surface area contributed by atoms with Crippen molar-refractivity contribution in [3.05, 3.63) is 58.9 Å². The number of benzene rings is 1. The Labute approximate surface area is 140 Å². The predicted molar refractivity (Wildman–Crippen MR) is 90.2 cm³/mol. The molecule has 1 N–H and O–H groups in total. The molecule has 0 saturated heterocycles. The fraction of sp³-hybridized carbons (Fsp3) is 0.316. The van der Waals surface area contributed by atoms with Crippen molar-refractivity contribution in [1.82, 2.24) is 9.78 Å². The highest BCUT2D eigenvalue weighted by Crippen LogP contribution is 2.45. The molecule has 2 aromatic rings. The summed E-state index contributed by atoms with van der Waals surface area (Å²) in [7, 11) is 0. The fourth-order valence-corrected chi connectivity index (χ4v) is 3.59. The van der Waals surface area contributed by atoms with E-state index in [2.05, 4.69) is 16.5 Å². The van der Waals surface area contributed by atoms with Crippen molar-refractivity contribution in [1.29, 1.82) is 5.26 Å². The summed E-state index contributed by atoms with van der Waals surface area (Å²) in [5.41, 5.74) is 2.89. The summed E-state index contributed by atoms with van der Waals surface area (Å²) in [5, 5.41) is 17.0. The number of fused-ring (bicyclic) bond motifs is 1. The first-order valence-corrected chi connectivity index (χ1v) is 8.10. The molecule has 2 heterocycles. The molecule has 5 heteroatoms. The molecule has 1 atom stereocenters. The summed E-state index contributed by atoms with van der Waals surface area (Å²) in [5.74, 6) is 1.04. The maximum absolute atomic E-state index is 13.1. The molecule has 0 bridgehead atoms. The first-order valence-electron chi connectivity index (χ1n) is 8.10. The number of hydrogen-bond acceptors (Lipinski definition) is 4. The molecule has 0 spiro atoms. The molecular weight excluding hydrogens is 300 g/mol. The Kier molecular flexibility index (Phi) is 3.10. The van der Waals surface area contributed by atoms with Crippen LogP contribution in [0.4, 0.5) is 5.82 Å². The Morgan fingerprint density at radius 3 is 3.00 bits per heavy atom. The Morgan fingerprint density at radius 1 is 1.38 bits per heavy atom. The summed E-state index contributed by atoms with van der Waals surface area (Å²) in [4.78, 5) is 13.1. The molecule has 1 aliphatic heterocycles. The summed E-state index contributed by atoms with van der Waals surface area (Å²) in [6.45, 7) is 4.00. The van der Waals surface area contributed by atoms with Gasteiger partial charge in [-0.05, 0) is 30.5 Å². The quantitative estimate of drug-likeness (QED) is 0.874. The Morgan fingerprint density at radius 2 is 2.21 bits per heavy atom. The number of hydrogen-bond donors (Lipinski definition) is 1. The van der Waals surface area contributed by atoms with Crippen LogP contribution in [-0.2, 0) is 4.79 Å². The lowest BCUT2D eigenvalue weighted by Gasteiger charge is -2.38. The summed E-state index contributed by atoms with van der Waals surface area (Å²) >= 11 is 0. The van der Waals surface area contributed by atoms with Gasteiger partial charge in [0.15, 0.2) is 5.78 Å². The van der Waals surface area contributed by atoms with Gasteiger partial charge in [0.25, 0.3) is 0 Å². The van der Waals surface area contributed by atoms with Crippen molar-refractivity contribution < 1.29 is 4.79 Å². The fourth-order valence-electron chi connectivity index (χ4n) is 3.59. The number of nitrogens with zero attached hydrogens (tertiary/aromatic N) is 3. The van der Waals surface area contributed by atoms with Crippen LogP contribution in [0.2, 0.25) is 0 Å². The molecule has 1 unspecified atom stereocenters. The highest BCUT2D eigenvalue weighted by molar-refractivity contribution is 6.03. The first-order chi connectivity index (χ1) is 11.5. The number of aromatic nitrogens is 2. The van der Waals surface area contributed by atoms with Gasteiger partial charge in [0, 0.05) is 22.8 Å². The van der Waals surface area contributed by atoms with Crippen LogP contribution in [0.15, 0.2) is 47.8 Å². The van der Waals surface area contributed by atoms with E-state index >= 15 is 0 Å². The van der Waals surface area contributed by atoms with Crippen molar-refractivity contribution in [2.24, 2.45) is 5.41 Å². The van der Waals surface area contributed by atoms with Crippen molar-refractivity contribution >= 4 is 11.6 Å². The standard InChI is InChI=1S/C19H18N4O/c1-19(2)8-6-14-16(18(19)24)17(23-15(22-14)7-9-21-23)13-5-3-4-12(10-13)11-20/h3-5,7,9-10,17,22H,6,8H2,1-2H3. The van der Waals surface area contributed by atoms with Gasteiger partial charge in [-0.1, -0.05) is 26.0 Å². The molecule has 24 heavy (non-hydrogen) atoms. The van der Waals surface area contributed by atoms with Crippen molar-refractivity contribution in [2.45, 2.75) is 32.7 Å². The monoisotopic (exact) mass is 318 g/mol. The second-order valence-electron chi connectivity index (χ2n) is 7.03. The van der Waals surface area contributed by atoms with Crippen LogP contribution >= 0.6 is 0 Å².